The van der Waals surface area contributed by atoms with Crippen molar-refractivity contribution in [1.82, 2.24) is 19.9 Å². The van der Waals surface area contributed by atoms with Crippen molar-refractivity contribution in [3.05, 3.63) is 47.7 Å². The molecule has 0 spiro atoms. The van der Waals surface area contributed by atoms with Gasteiger partial charge in [-0.3, -0.25) is 10.2 Å². The third kappa shape index (κ3) is 3.71. The highest BCUT2D eigenvalue weighted by molar-refractivity contribution is 7.90. The first-order chi connectivity index (χ1) is 15.9. The number of ether oxygens (including phenoxy) is 1. The van der Waals surface area contributed by atoms with Crippen molar-refractivity contribution in [2.75, 3.05) is 7.05 Å². The first-order valence-electron chi connectivity index (χ1n) is 10.5. The molecule has 0 bridgehead atoms. The van der Waals surface area contributed by atoms with E-state index in [-0.39, 0.29) is 23.8 Å². The lowest BCUT2D eigenvalue weighted by molar-refractivity contribution is -0.0500. The number of amides is 1. The first kappa shape index (κ1) is 24.0. The lowest BCUT2D eigenvalue weighted by Gasteiger charge is -2.54. The summed E-state index contributed by atoms with van der Waals surface area (Å²) in [7, 11) is -2.59. The number of nitrogens with one attached hydrogen (secondary N) is 3. The van der Waals surface area contributed by atoms with Gasteiger partial charge < -0.3 is 15.4 Å². The van der Waals surface area contributed by atoms with E-state index in [0.717, 1.165) is 10.5 Å². The Labute approximate surface area is 194 Å². The topological polar surface area (TPSA) is 124 Å². The standard InChI is InChI=1S/C21H24F3N5O4S/c1-20(21-9-3-4-16(21)34(31,32)29(2)19(25)28-21)10-12(5-8-15(20)22)27-17(30)14-7-6-13(11-26-14)33-18(23)24/h5-8,11,16,18H,3-4,9-10H2,1-2H3,(H2,25,28)(H,27,30)/t16-,20?,21+/m1/s1. The predicted molar refractivity (Wildman–Crippen MR) is 116 cm³/mol. The summed E-state index contributed by atoms with van der Waals surface area (Å²) >= 11 is 0. The second kappa shape index (κ2) is 8.29. The van der Waals surface area contributed by atoms with Crippen molar-refractivity contribution >= 4 is 21.9 Å². The number of carbonyl (C=O) groups excluding carboxylic acids is 1. The number of nitrogens with zero attached hydrogens (tertiary/aromatic N) is 2. The van der Waals surface area contributed by atoms with Crippen molar-refractivity contribution in [3.8, 4) is 5.75 Å². The van der Waals surface area contributed by atoms with E-state index in [1.165, 1.54) is 31.3 Å². The van der Waals surface area contributed by atoms with Gasteiger partial charge in [0.25, 0.3) is 5.91 Å². The highest BCUT2D eigenvalue weighted by Gasteiger charge is 2.65. The highest BCUT2D eigenvalue weighted by Crippen LogP contribution is 2.56. The summed E-state index contributed by atoms with van der Waals surface area (Å²) in [5, 5.41) is 12.9. The third-order valence-electron chi connectivity index (χ3n) is 6.94. The molecule has 1 aliphatic heterocycles. The molecule has 2 heterocycles. The second-order valence-corrected chi connectivity index (χ2v) is 10.9. The van der Waals surface area contributed by atoms with Gasteiger partial charge in [-0.25, -0.2) is 22.1 Å². The highest BCUT2D eigenvalue weighted by atomic mass is 32.2. The van der Waals surface area contributed by atoms with Gasteiger partial charge >= 0.3 is 6.61 Å². The van der Waals surface area contributed by atoms with Crippen LogP contribution < -0.4 is 15.4 Å². The minimum absolute atomic E-state index is 0.0380. The molecule has 1 amide bonds. The molecule has 1 unspecified atom stereocenters. The van der Waals surface area contributed by atoms with Crippen LogP contribution in [-0.4, -0.2) is 54.0 Å². The number of alkyl halides is 2. The average molecular weight is 500 g/mol. The van der Waals surface area contributed by atoms with Crippen molar-refractivity contribution in [3.63, 3.8) is 0 Å². The van der Waals surface area contributed by atoms with Crippen LogP contribution >= 0.6 is 0 Å². The Balaban J connectivity index is 1.59. The smallest absolute Gasteiger partial charge is 0.387 e. The molecule has 3 N–H and O–H groups in total. The van der Waals surface area contributed by atoms with E-state index in [4.69, 9.17) is 5.41 Å². The van der Waals surface area contributed by atoms with Crippen LogP contribution in [-0.2, 0) is 10.0 Å². The van der Waals surface area contributed by atoms with Crippen LogP contribution in [0, 0.1) is 10.8 Å². The molecule has 184 valence electrons. The second-order valence-electron chi connectivity index (χ2n) is 8.77. The molecule has 1 aromatic rings. The molecule has 2 aliphatic carbocycles. The largest absolute Gasteiger partial charge is 0.433 e. The fourth-order valence-electron chi connectivity index (χ4n) is 5.13. The maximum atomic E-state index is 15.4. The maximum Gasteiger partial charge on any atom is 0.387 e. The van der Waals surface area contributed by atoms with Crippen LogP contribution in [0.2, 0.25) is 0 Å². The molecule has 1 aromatic heterocycles. The van der Waals surface area contributed by atoms with Crippen LogP contribution in [0.5, 0.6) is 5.75 Å². The summed E-state index contributed by atoms with van der Waals surface area (Å²) in [5.41, 5.74) is -2.38. The Hall–Kier alpha value is -3.09. The number of carbonyl (C=O) groups is 1. The maximum absolute atomic E-state index is 15.4. The minimum atomic E-state index is -3.88. The molecule has 1 saturated carbocycles. The summed E-state index contributed by atoms with van der Waals surface area (Å²) in [5.74, 6) is -1.74. The molecule has 2 fully saturated rings. The zero-order valence-electron chi connectivity index (χ0n) is 18.4. The fourth-order valence-corrected chi connectivity index (χ4v) is 7.22. The van der Waals surface area contributed by atoms with Crippen molar-refractivity contribution < 1.29 is 31.1 Å². The summed E-state index contributed by atoms with van der Waals surface area (Å²) in [6.45, 7) is -1.43. The molecule has 0 radical (unpaired) electrons. The molecule has 4 rings (SSSR count). The molecule has 34 heavy (non-hydrogen) atoms. The van der Waals surface area contributed by atoms with Gasteiger partial charge in [0.15, 0.2) is 0 Å². The Morgan fingerprint density at radius 1 is 1.38 bits per heavy atom. The van der Waals surface area contributed by atoms with Crippen LogP contribution in [0.3, 0.4) is 0 Å². The fraction of sp³-hybridized carbons (Fsp3) is 0.476. The molecular weight excluding hydrogens is 475 g/mol. The summed E-state index contributed by atoms with van der Waals surface area (Å²) in [6.07, 6.45) is 4.70. The van der Waals surface area contributed by atoms with E-state index in [1.54, 1.807) is 6.92 Å². The zero-order chi connectivity index (χ0) is 24.9. The van der Waals surface area contributed by atoms with Gasteiger partial charge in [-0.1, -0.05) is 6.92 Å². The Morgan fingerprint density at radius 2 is 2.12 bits per heavy atom. The summed E-state index contributed by atoms with van der Waals surface area (Å²) in [6, 6.07) is 2.39. The zero-order valence-corrected chi connectivity index (χ0v) is 19.3. The number of aromatic nitrogens is 1. The molecule has 3 atom stereocenters. The van der Waals surface area contributed by atoms with Gasteiger partial charge in [0.2, 0.25) is 16.0 Å². The van der Waals surface area contributed by atoms with Gasteiger partial charge in [-0.15, -0.1) is 0 Å². The number of fused-ring (bicyclic) bond motifs is 1. The molecule has 3 aliphatic rings. The van der Waals surface area contributed by atoms with E-state index in [2.05, 4.69) is 20.4 Å². The monoisotopic (exact) mass is 499 g/mol. The van der Waals surface area contributed by atoms with Crippen molar-refractivity contribution in [2.45, 2.75) is 50.0 Å². The number of allylic oxidation sites excluding steroid dienone is 3. The van der Waals surface area contributed by atoms with Crippen molar-refractivity contribution in [1.29, 1.82) is 5.41 Å². The Morgan fingerprint density at radius 3 is 2.76 bits per heavy atom. The summed E-state index contributed by atoms with van der Waals surface area (Å²) < 4.78 is 71.3. The van der Waals surface area contributed by atoms with Gasteiger partial charge in [0, 0.05) is 24.6 Å². The van der Waals surface area contributed by atoms with E-state index < -0.39 is 44.6 Å². The van der Waals surface area contributed by atoms with Crippen LogP contribution in [0.25, 0.3) is 0 Å². The van der Waals surface area contributed by atoms with Gasteiger partial charge in [-0.2, -0.15) is 8.78 Å². The Kier molecular flexibility index (Phi) is 5.86. The van der Waals surface area contributed by atoms with E-state index in [1.807, 2.05) is 0 Å². The van der Waals surface area contributed by atoms with E-state index in [0.29, 0.717) is 25.0 Å². The lowest BCUT2D eigenvalue weighted by atomic mass is 9.64. The van der Waals surface area contributed by atoms with Gasteiger partial charge in [-0.05, 0) is 43.5 Å². The average Bonchev–Trinajstić information content (AvgIpc) is 3.21. The Bertz CT molecular complexity index is 1190. The molecular formula is C21H24F3N5O4S. The third-order valence-corrected chi connectivity index (χ3v) is 9.24. The number of hydrogen-bond donors (Lipinski definition) is 3. The van der Waals surface area contributed by atoms with Crippen LogP contribution in [0.1, 0.15) is 43.1 Å². The molecule has 13 heteroatoms. The first-order valence-corrected chi connectivity index (χ1v) is 12.0. The van der Waals surface area contributed by atoms with Crippen LogP contribution in [0.4, 0.5) is 13.2 Å². The van der Waals surface area contributed by atoms with Gasteiger partial charge in [0.1, 0.15) is 22.5 Å². The molecule has 0 aromatic carbocycles. The SMILES string of the molecule is CN1C(=N)N[C@@]2(C3(C)CC(NC(=O)c4ccc(OC(F)F)cn4)=CC=C3F)CCC[C@H]2S1(=O)=O. The normalized spacial score (nSPS) is 30.2. The number of sulfonamides is 1. The van der Waals surface area contributed by atoms with Crippen molar-refractivity contribution in [2.24, 2.45) is 5.41 Å². The molecule has 9 nitrogen and oxygen atoms in total. The van der Waals surface area contributed by atoms with Gasteiger partial charge in [0.05, 0.1) is 11.7 Å². The van der Waals surface area contributed by atoms with Crippen LogP contribution in [0.15, 0.2) is 42.0 Å². The lowest BCUT2D eigenvalue weighted by Crippen LogP contribution is -2.73. The number of hydrogen-bond acceptors (Lipinski definition) is 6. The number of rotatable bonds is 5. The number of pyridine rings is 1. The number of halogens is 3. The summed E-state index contributed by atoms with van der Waals surface area (Å²) in [4.78, 5) is 16.5. The molecule has 1 saturated heterocycles. The minimum Gasteiger partial charge on any atom is -0.433 e. The van der Waals surface area contributed by atoms with E-state index >= 15 is 4.39 Å². The quantitative estimate of drug-likeness (QED) is 0.572. The number of guanidine groups is 1. The van der Waals surface area contributed by atoms with E-state index in [9.17, 15) is 22.0 Å². The predicted octanol–water partition coefficient (Wildman–Crippen LogP) is 2.65.